The Morgan fingerprint density at radius 3 is 2.47 bits per heavy atom. The average Bonchev–Trinajstić information content (AvgIpc) is 2.15. The Morgan fingerprint density at radius 1 is 1.33 bits per heavy atom. The summed E-state index contributed by atoms with van der Waals surface area (Å²) in [6.45, 7) is 8.81. The molecule has 0 spiro atoms. The average molecular weight is 270 g/mol. The maximum absolute atomic E-state index is 4.30. The fraction of sp³-hybridized carbons (Fsp3) is 0.615. The highest BCUT2D eigenvalue weighted by Gasteiger charge is 2.21. The van der Waals surface area contributed by atoms with Crippen molar-refractivity contribution in [2.45, 2.75) is 45.4 Å². The Balaban J connectivity index is 2.47. The number of nitrogens with zero attached hydrogens (tertiary/aromatic N) is 1. The van der Waals surface area contributed by atoms with Gasteiger partial charge in [-0.3, -0.25) is 4.98 Å². The first-order valence-electron chi connectivity index (χ1n) is 5.45. The summed E-state index contributed by atoms with van der Waals surface area (Å²) in [5.74, 6) is 0. The Bertz CT molecular complexity index is 297. The van der Waals surface area contributed by atoms with Crippen LogP contribution in [0.15, 0.2) is 18.3 Å². The smallest absolute Gasteiger partial charge is 0.0372 e. The molecule has 1 aromatic heterocycles. The minimum atomic E-state index is 0.331. The largest absolute Gasteiger partial charge is 0.261 e. The second kappa shape index (κ2) is 5.11. The summed E-state index contributed by atoms with van der Waals surface area (Å²) in [6.07, 6.45) is 4.24. The zero-order valence-corrected chi connectivity index (χ0v) is 11.6. The van der Waals surface area contributed by atoms with Crippen molar-refractivity contribution in [1.29, 1.82) is 0 Å². The van der Waals surface area contributed by atoms with Gasteiger partial charge in [0.25, 0.3) is 0 Å². The highest BCUT2D eigenvalue weighted by molar-refractivity contribution is 9.09. The lowest BCUT2D eigenvalue weighted by atomic mass is 9.89. The van der Waals surface area contributed by atoms with E-state index in [-0.39, 0.29) is 0 Å². The van der Waals surface area contributed by atoms with E-state index in [9.17, 15) is 0 Å². The van der Waals surface area contributed by atoms with Crippen LogP contribution in [-0.4, -0.2) is 9.81 Å². The normalized spacial score (nSPS) is 13.9. The zero-order valence-electron chi connectivity index (χ0n) is 10.0. The lowest BCUT2D eigenvalue weighted by Crippen LogP contribution is -2.20. The monoisotopic (exact) mass is 269 g/mol. The van der Waals surface area contributed by atoms with E-state index in [0.29, 0.717) is 10.2 Å². The molecule has 0 aliphatic heterocycles. The number of halogens is 1. The van der Waals surface area contributed by atoms with E-state index in [1.807, 2.05) is 13.1 Å². The van der Waals surface area contributed by atoms with E-state index in [2.05, 4.69) is 53.8 Å². The SMILES string of the molecule is Cc1ccc(CCC(Br)C(C)(C)C)cn1. The fourth-order valence-corrected chi connectivity index (χ4v) is 1.60. The first-order valence-corrected chi connectivity index (χ1v) is 6.37. The van der Waals surface area contributed by atoms with Crippen molar-refractivity contribution < 1.29 is 0 Å². The molecule has 0 saturated heterocycles. The summed E-state index contributed by atoms with van der Waals surface area (Å²) in [5.41, 5.74) is 2.75. The summed E-state index contributed by atoms with van der Waals surface area (Å²) in [5, 5.41) is 0. The molecule has 0 bridgehead atoms. The minimum Gasteiger partial charge on any atom is -0.261 e. The van der Waals surface area contributed by atoms with E-state index in [4.69, 9.17) is 0 Å². The van der Waals surface area contributed by atoms with Gasteiger partial charge in [0, 0.05) is 16.7 Å². The Morgan fingerprint density at radius 2 is 2.00 bits per heavy atom. The van der Waals surface area contributed by atoms with Crippen molar-refractivity contribution in [3.63, 3.8) is 0 Å². The molecule has 0 fully saturated rings. The van der Waals surface area contributed by atoms with Crippen LogP contribution in [0.3, 0.4) is 0 Å². The molecule has 2 heteroatoms. The molecule has 0 aromatic carbocycles. The predicted molar refractivity (Wildman–Crippen MR) is 69.5 cm³/mol. The minimum absolute atomic E-state index is 0.331. The molecule has 1 atom stereocenters. The van der Waals surface area contributed by atoms with Gasteiger partial charge in [0.05, 0.1) is 0 Å². The van der Waals surface area contributed by atoms with Gasteiger partial charge in [-0.1, -0.05) is 42.8 Å². The number of aryl methyl sites for hydroxylation is 2. The fourth-order valence-electron chi connectivity index (χ4n) is 1.37. The second-order valence-electron chi connectivity index (χ2n) is 5.18. The summed E-state index contributed by atoms with van der Waals surface area (Å²) >= 11 is 3.75. The van der Waals surface area contributed by atoms with Crippen LogP contribution in [0.2, 0.25) is 0 Å². The van der Waals surface area contributed by atoms with Crippen LogP contribution in [0.5, 0.6) is 0 Å². The molecule has 0 amide bonds. The molecule has 1 heterocycles. The molecule has 1 unspecified atom stereocenters. The third-order valence-electron chi connectivity index (χ3n) is 2.60. The third kappa shape index (κ3) is 4.33. The first kappa shape index (κ1) is 12.7. The molecule has 0 aliphatic carbocycles. The molecular weight excluding hydrogens is 250 g/mol. The van der Waals surface area contributed by atoms with Gasteiger partial charge in [0.1, 0.15) is 0 Å². The second-order valence-corrected chi connectivity index (χ2v) is 6.29. The van der Waals surface area contributed by atoms with Crippen LogP contribution in [-0.2, 0) is 6.42 Å². The standard InChI is InChI=1S/C13H20BrN/c1-10-5-6-11(9-15-10)7-8-12(14)13(2,3)4/h5-6,9,12H,7-8H2,1-4H3. The van der Waals surface area contributed by atoms with Crippen LogP contribution in [0.4, 0.5) is 0 Å². The van der Waals surface area contributed by atoms with E-state index < -0.39 is 0 Å². The van der Waals surface area contributed by atoms with Crippen molar-refractivity contribution in [3.8, 4) is 0 Å². The molecule has 1 nitrogen and oxygen atoms in total. The number of hydrogen-bond donors (Lipinski definition) is 0. The third-order valence-corrected chi connectivity index (χ3v) is 4.43. The van der Waals surface area contributed by atoms with Crippen LogP contribution in [0, 0.1) is 12.3 Å². The topological polar surface area (TPSA) is 12.9 Å². The maximum atomic E-state index is 4.30. The maximum Gasteiger partial charge on any atom is 0.0372 e. The van der Waals surface area contributed by atoms with Crippen molar-refractivity contribution in [2.24, 2.45) is 5.41 Å². The number of pyridine rings is 1. The van der Waals surface area contributed by atoms with E-state index in [1.54, 1.807) is 0 Å². The lowest BCUT2D eigenvalue weighted by Gasteiger charge is -2.25. The van der Waals surface area contributed by atoms with Gasteiger partial charge in [-0.15, -0.1) is 0 Å². The summed E-state index contributed by atoms with van der Waals surface area (Å²) < 4.78 is 0. The van der Waals surface area contributed by atoms with Crippen LogP contribution >= 0.6 is 15.9 Å². The van der Waals surface area contributed by atoms with Crippen LogP contribution in [0.25, 0.3) is 0 Å². The molecular formula is C13H20BrN. The van der Waals surface area contributed by atoms with Gasteiger partial charge < -0.3 is 0 Å². The molecule has 1 rings (SSSR count). The molecule has 15 heavy (non-hydrogen) atoms. The number of alkyl halides is 1. The van der Waals surface area contributed by atoms with Gasteiger partial charge >= 0.3 is 0 Å². The predicted octanol–water partition coefficient (Wildman–Crippen LogP) is 4.13. The number of aromatic nitrogens is 1. The van der Waals surface area contributed by atoms with Gasteiger partial charge in [0.15, 0.2) is 0 Å². The molecule has 84 valence electrons. The van der Waals surface area contributed by atoms with E-state index in [0.717, 1.165) is 18.5 Å². The zero-order chi connectivity index (χ0) is 11.5. The van der Waals surface area contributed by atoms with Crippen molar-refractivity contribution in [3.05, 3.63) is 29.6 Å². The molecule has 0 aliphatic rings. The van der Waals surface area contributed by atoms with Gasteiger partial charge in [-0.2, -0.15) is 0 Å². The number of hydrogen-bond acceptors (Lipinski definition) is 1. The van der Waals surface area contributed by atoms with E-state index >= 15 is 0 Å². The highest BCUT2D eigenvalue weighted by Crippen LogP contribution is 2.29. The van der Waals surface area contributed by atoms with E-state index in [1.165, 1.54) is 5.56 Å². The highest BCUT2D eigenvalue weighted by atomic mass is 79.9. The van der Waals surface area contributed by atoms with Gasteiger partial charge in [-0.25, -0.2) is 0 Å². The summed E-state index contributed by atoms with van der Waals surface area (Å²) in [6, 6.07) is 4.25. The molecule has 0 saturated carbocycles. The van der Waals surface area contributed by atoms with Crippen molar-refractivity contribution >= 4 is 15.9 Å². The Hall–Kier alpha value is -0.370. The molecule has 1 aromatic rings. The summed E-state index contributed by atoms with van der Waals surface area (Å²) in [7, 11) is 0. The van der Waals surface area contributed by atoms with Crippen LogP contribution in [0.1, 0.15) is 38.4 Å². The molecule has 0 radical (unpaired) electrons. The Labute approximate surface area is 101 Å². The Kier molecular flexibility index (Phi) is 4.32. The summed E-state index contributed by atoms with van der Waals surface area (Å²) in [4.78, 5) is 4.87. The first-order chi connectivity index (χ1) is 6.89. The van der Waals surface area contributed by atoms with Crippen LogP contribution < -0.4 is 0 Å². The van der Waals surface area contributed by atoms with Gasteiger partial charge in [0.2, 0.25) is 0 Å². The lowest BCUT2D eigenvalue weighted by molar-refractivity contribution is 0.385. The van der Waals surface area contributed by atoms with Crippen molar-refractivity contribution in [2.75, 3.05) is 0 Å². The molecule has 0 N–H and O–H groups in total. The quantitative estimate of drug-likeness (QED) is 0.752. The van der Waals surface area contributed by atoms with Crippen molar-refractivity contribution in [1.82, 2.24) is 4.98 Å². The number of rotatable bonds is 3. The van der Waals surface area contributed by atoms with Gasteiger partial charge in [-0.05, 0) is 36.8 Å².